The third-order valence-corrected chi connectivity index (χ3v) is 4.45. The number of hydrogen-bond acceptors (Lipinski definition) is 5. The number of aryl methyl sites for hydroxylation is 1. The van der Waals surface area contributed by atoms with Gasteiger partial charge in [0.1, 0.15) is 17.5 Å². The van der Waals surface area contributed by atoms with E-state index in [-0.39, 0.29) is 4.90 Å². The summed E-state index contributed by atoms with van der Waals surface area (Å²) in [5.41, 5.74) is 0.603. The van der Waals surface area contributed by atoms with Gasteiger partial charge in [0.05, 0.1) is 4.90 Å². The van der Waals surface area contributed by atoms with Gasteiger partial charge in [-0.1, -0.05) is 18.7 Å². The molecule has 0 fully saturated rings. The van der Waals surface area contributed by atoms with Crippen LogP contribution in [0.3, 0.4) is 0 Å². The molecular formula is C13H15F2N3S2. The highest BCUT2D eigenvalue weighted by Gasteiger charge is 2.14. The van der Waals surface area contributed by atoms with Crippen LogP contribution in [0.25, 0.3) is 0 Å². The van der Waals surface area contributed by atoms with Crippen LogP contribution in [0.5, 0.6) is 0 Å². The zero-order chi connectivity index (χ0) is 14.5. The Bertz CT molecular complexity index is 564. The Labute approximate surface area is 125 Å². The number of benzene rings is 1. The van der Waals surface area contributed by atoms with Crippen molar-refractivity contribution in [3.05, 3.63) is 35.2 Å². The molecule has 1 N–H and O–H groups in total. The largest absolute Gasteiger partial charge is 0.313 e. The SMILES string of the molecule is CCCNCc1cc(F)c(Sc2nc(C)ns2)c(F)c1. The van der Waals surface area contributed by atoms with Crippen LogP contribution in [-0.4, -0.2) is 15.9 Å². The van der Waals surface area contributed by atoms with Crippen molar-refractivity contribution < 1.29 is 8.78 Å². The van der Waals surface area contributed by atoms with E-state index in [2.05, 4.69) is 14.7 Å². The quantitative estimate of drug-likeness (QED) is 0.823. The van der Waals surface area contributed by atoms with Crippen LogP contribution in [0.1, 0.15) is 24.7 Å². The predicted molar refractivity (Wildman–Crippen MR) is 77.1 cm³/mol. The first-order valence-corrected chi connectivity index (χ1v) is 7.86. The molecule has 0 saturated heterocycles. The lowest BCUT2D eigenvalue weighted by molar-refractivity contribution is 0.534. The number of hydrogen-bond donors (Lipinski definition) is 1. The summed E-state index contributed by atoms with van der Waals surface area (Å²) in [4.78, 5) is 4.07. The van der Waals surface area contributed by atoms with Gasteiger partial charge in [-0.2, -0.15) is 4.37 Å². The van der Waals surface area contributed by atoms with Crippen molar-refractivity contribution >= 4 is 23.3 Å². The summed E-state index contributed by atoms with van der Waals surface area (Å²) in [7, 11) is 0. The van der Waals surface area contributed by atoms with Crippen LogP contribution in [0.15, 0.2) is 21.4 Å². The van der Waals surface area contributed by atoms with Crippen molar-refractivity contribution in [3.63, 3.8) is 0 Å². The Morgan fingerprint density at radius 3 is 2.55 bits per heavy atom. The van der Waals surface area contributed by atoms with E-state index in [4.69, 9.17) is 0 Å². The molecule has 0 amide bonds. The molecule has 1 aromatic heterocycles. The highest BCUT2D eigenvalue weighted by atomic mass is 32.2. The topological polar surface area (TPSA) is 37.8 Å². The molecule has 1 heterocycles. The lowest BCUT2D eigenvalue weighted by atomic mass is 10.2. The minimum absolute atomic E-state index is 0.0274. The predicted octanol–water partition coefficient (Wildman–Crippen LogP) is 3.78. The maximum Gasteiger partial charge on any atom is 0.175 e. The molecule has 2 aromatic rings. The minimum atomic E-state index is -0.559. The monoisotopic (exact) mass is 315 g/mol. The van der Waals surface area contributed by atoms with Gasteiger partial charge in [-0.05, 0) is 49.1 Å². The normalized spacial score (nSPS) is 11.0. The van der Waals surface area contributed by atoms with E-state index in [1.54, 1.807) is 6.92 Å². The molecule has 20 heavy (non-hydrogen) atoms. The van der Waals surface area contributed by atoms with Gasteiger partial charge in [0.15, 0.2) is 4.34 Å². The molecule has 108 valence electrons. The van der Waals surface area contributed by atoms with E-state index in [0.717, 1.165) is 36.3 Å². The second-order valence-electron chi connectivity index (χ2n) is 4.27. The Balaban J connectivity index is 2.14. The summed E-state index contributed by atoms with van der Waals surface area (Å²) >= 11 is 2.11. The third kappa shape index (κ3) is 3.97. The lowest BCUT2D eigenvalue weighted by Crippen LogP contribution is -2.14. The highest BCUT2D eigenvalue weighted by Crippen LogP contribution is 2.33. The minimum Gasteiger partial charge on any atom is -0.313 e. The van der Waals surface area contributed by atoms with Crippen LogP contribution >= 0.6 is 23.3 Å². The molecule has 0 radical (unpaired) electrons. The molecular weight excluding hydrogens is 300 g/mol. The summed E-state index contributed by atoms with van der Waals surface area (Å²) in [6.07, 6.45) is 0.981. The zero-order valence-electron chi connectivity index (χ0n) is 11.2. The number of halogens is 2. The number of aromatic nitrogens is 2. The van der Waals surface area contributed by atoms with Crippen LogP contribution in [0.4, 0.5) is 8.78 Å². The van der Waals surface area contributed by atoms with Gasteiger partial charge in [-0.3, -0.25) is 0 Å². The Morgan fingerprint density at radius 2 is 2.00 bits per heavy atom. The van der Waals surface area contributed by atoms with Gasteiger partial charge >= 0.3 is 0 Å². The average Bonchev–Trinajstić information content (AvgIpc) is 2.80. The van der Waals surface area contributed by atoms with Crippen molar-refractivity contribution in [2.45, 2.75) is 36.0 Å². The van der Waals surface area contributed by atoms with Gasteiger partial charge in [-0.15, -0.1) is 0 Å². The summed E-state index contributed by atoms with van der Waals surface area (Å²) < 4.78 is 32.5. The number of nitrogens with zero attached hydrogens (tertiary/aromatic N) is 2. The van der Waals surface area contributed by atoms with Gasteiger partial charge in [-0.25, -0.2) is 13.8 Å². The summed E-state index contributed by atoms with van der Waals surface area (Å²) in [5, 5.41) is 3.12. The Hall–Kier alpha value is -1.05. The van der Waals surface area contributed by atoms with Crippen LogP contribution in [0.2, 0.25) is 0 Å². The third-order valence-electron chi connectivity index (χ3n) is 2.51. The van der Waals surface area contributed by atoms with Crippen LogP contribution < -0.4 is 5.32 Å². The summed E-state index contributed by atoms with van der Waals surface area (Å²) in [6, 6.07) is 2.73. The summed E-state index contributed by atoms with van der Waals surface area (Å²) in [5.74, 6) is -0.508. The molecule has 0 bridgehead atoms. The first kappa shape index (κ1) is 15.3. The van der Waals surface area contributed by atoms with Gasteiger partial charge in [0, 0.05) is 6.54 Å². The van der Waals surface area contributed by atoms with E-state index in [0.29, 0.717) is 22.3 Å². The molecule has 0 saturated carbocycles. The molecule has 1 aromatic carbocycles. The highest BCUT2D eigenvalue weighted by molar-refractivity contribution is 8.01. The van der Waals surface area contributed by atoms with E-state index in [9.17, 15) is 8.78 Å². The fourth-order valence-electron chi connectivity index (χ4n) is 1.63. The van der Waals surface area contributed by atoms with Gasteiger partial charge in [0.25, 0.3) is 0 Å². The second-order valence-corrected chi connectivity index (χ2v) is 6.28. The van der Waals surface area contributed by atoms with Crippen molar-refractivity contribution in [3.8, 4) is 0 Å². The van der Waals surface area contributed by atoms with Crippen LogP contribution in [0, 0.1) is 18.6 Å². The van der Waals surface area contributed by atoms with Gasteiger partial charge in [0.2, 0.25) is 0 Å². The number of nitrogens with one attached hydrogen (secondary N) is 1. The summed E-state index contributed by atoms with van der Waals surface area (Å²) in [6.45, 7) is 5.07. The first-order chi connectivity index (χ1) is 9.60. The maximum absolute atomic E-state index is 14.0. The molecule has 3 nitrogen and oxygen atoms in total. The molecule has 7 heteroatoms. The standard InChI is InChI=1S/C13H15F2N3S2/c1-3-4-16-7-9-5-10(14)12(11(15)6-9)19-13-17-8(2)18-20-13/h5-6,16H,3-4,7H2,1-2H3. The first-order valence-electron chi connectivity index (χ1n) is 6.27. The average molecular weight is 315 g/mol. The van der Waals surface area contributed by atoms with E-state index < -0.39 is 11.6 Å². The lowest BCUT2D eigenvalue weighted by Gasteiger charge is -2.07. The Morgan fingerprint density at radius 1 is 1.30 bits per heavy atom. The molecule has 0 unspecified atom stereocenters. The van der Waals surface area contributed by atoms with Gasteiger partial charge < -0.3 is 5.32 Å². The smallest absolute Gasteiger partial charge is 0.175 e. The molecule has 2 rings (SSSR count). The number of rotatable bonds is 6. The Kier molecular flexibility index (Phi) is 5.45. The van der Waals surface area contributed by atoms with Crippen molar-refractivity contribution in [1.29, 1.82) is 0 Å². The second kappa shape index (κ2) is 7.10. The van der Waals surface area contributed by atoms with E-state index in [1.165, 1.54) is 12.1 Å². The molecule has 0 spiro atoms. The molecule has 0 aliphatic rings. The fraction of sp³-hybridized carbons (Fsp3) is 0.385. The van der Waals surface area contributed by atoms with E-state index >= 15 is 0 Å². The van der Waals surface area contributed by atoms with Crippen LogP contribution in [-0.2, 0) is 6.54 Å². The zero-order valence-corrected chi connectivity index (χ0v) is 12.9. The van der Waals surface area contributed by atoms with Crippen molar-refractivity contribution in [2.24, 2.45) is 0 Å². The van der Waals surface area contributed by atoms with E-state index in [1.807, 2.05) is 6.92 Å². The maximum atomic E-state index is 14.0. The fourth-order valence-corrected chi connectivity index (χ4v) is 3.23. The van der Waals surface area contributed by atoms with Crippen molar-refractivity contribution in [2.75, 3.05) is 6.54 Å². The molecule has 0 atom stereocenters. The molecule has 0 aliphatic heterocycles. The molecule has 0 aliphatic carbocycles. The van der Waals surface area contributed by atoms with Crippen molar-refractivity contribution in [1.82, 2.24) is 14.7 Å².